The number of hydrogen-bond donors (Lipinski definition) is 1. The Morgan fingerprint density at radius 1 is 1.33 bits per heavy atom. The number of benzene rings is 1. The lowest BCUT2D eigenvalue weighted by atomic mass is 10.1. The van der Waals surface area contributed by atoms with Crippen LogP contribution in [0, 0.1) is 13.8 Å². The van der Waals surface area contributed by atoms with Crippen LogP contribution in [0.5, 0.6) is 0 Å². The van der Waals surface area contributed by atoms with Gasteiger partial charge >= 0.3 is 0 Å². The zero-order valence-corrected chi connectivity index (χ0v) is 10.8. The minimum Gasteiger partial charge on any atom is -0.334 e. The van der Waals surface area contributed by atoms with Crippen molar-refractivity contribution in [3.63, 3.8) is 0 Å². The van der Waals surface area contributed by atoms with E-state index in [0.717, 1.165) is 5.56 Å². The van der Waals surface area contributed by atoms with Crippen LogP contribution >= 0.6 is 0 Å². The molecule has 1 heterocycles. The highest BCUT2D eigenvalue weighted by Crippen LogP contribution is 2.12. The Hall–Kier alpha value is -2.17. The van der Waals surface area contributed by atoms with Gasteiger partial charge in [0.15, 0.2) is 0 Å². The molecular weight excluding hydrogens is 228 g/mol. The number of H-pyrrole nitrogens is 1. The van der Waals surface area contributed by atoms with Gasteiger partial charge in [0.1, 0.15) is 12.2 Å². The highest BCUT2D eigenvalue weighted by atomic mass is 16.2. The van der Waals surface area contributed by atoms with Crippen molar-refractivity contribution in [2.24, 2.45) is 0 Å². The van der Waals surface area contributed by atoms with E-state index < -0.39 is 0 Å². The molecule has 0 saturated carbocycles. The van der Waals surface area contributed by atoms with E-state index in [2.05, 4.69) is 15.2 Å². The van der Waals surface area contributed by atoms with Crippen LogP contribution in [0.25, 0.3) is 0 Å². The van der Waals surface area contributed by atoms with Gasteiger partial charge in [0.05, 0.1) is 6.54 Å². The molecule has 0 atom stereocenters. The topological polar surface area (TPSA) is 61.9 Å². The third-order valence-electron chi connectivity index (χ3n) is 2.95. The van der Waals surface area contributed by atoms with Gasteiger partial charge in [-0.1, -0.05) is 6.07 Å². The highest BCUT2D eigenvalue weighted by molar-refractivity contribution is 5.94. The Balaban J connectivity index is 2.12. The Labute approximate surface area is 106 Å². The maximum atomic E-state index is 12.2. The molecule has 0 aliphatic heterocycles. The zero-order valence-electron chi connectivity index (χ0n) is 10.8. The quantitative estimate of drug-likeness (QED) is 0.893. The molecule has 1 N–H and O–H groups in total. The molecule has 0 spiro atoms. The first-order chi connectivity index (χ1) is 8.58. The molecule has 2 rings (SSSR count). The normalized spacial score (nSPS) is 10.4. The number of amides is 1. The molecule has 0 aliphatic rings. The van der Waals surface area contributed by atoms with Gasteiger partial charge in [0, 0.05) is 12.6 Å². The molecule has 0 unspecified atom stereocenters. The van der Waals surface area contributed by atoms with Crippen molar-refractivity contribution < 1.29 is 4.79 Å². The summed E-state index contributed by atoms with van der Waals surface area (Å²) in [6.07, 6.45) is 1.43. The molecule has 94 valence electrons. The van der Waals surface area contributed by atoms with Crippen LogP contribution in [0.3, 0.4) is 0 Å². The smallest absolute Gasteiger partial charge is 0.254 e. The van der Waals surface area contributed by atoms with E-state index >= 15 is 0 Å². The summed E-state index contributed by atoms with van der Waals surface area (Å²) in [7, 11) is 1.75. The standard InChI is InChI=1S/C13H16N4O/c1-9-4-5-11(6-10(9)2)13(18)17(3)7-12-14-8-15-16-12/h4-6,8H,7H2,1-3H3,(H,14,15,16). The maximum absolute atomic E-state index is 12.2. The first-order valence-corrected chi connectivity index (χ1v) is 5.75. The minimum absolute atomic E-state index is 0.0190. The Morgan fingerprint density at radius 3 is 2.72 bits per heavy atom. The zero-order chi connectivity index (χ0) is 13.1. The predicted octanol–water partition coefficient (Wildman–Crippen LogP) is 1.69. The fraction of sp³-hybridized carbons (Fsp3) is 0.308. The maximum Gasteiger partial charge on any atom is 0.254 e. The largest absolute Gasteiger partial charge is 0.334 e. The van der Waals surface area contributed by atoms with E-state index in [0.29, 0.717) is 17.9 Å². The van der Waals surface area contributed by atoms with Crippen LogP contribution in [0.4, 0.5) is 0 Å². The molecule has 2 aromatic rings. The number of carbonyl (C=O) groups is 1. The van der Waals surface area contributed by atoms with Crippen molar-refractivity contribution in [1.82, 2.24) is 20.1 Å². The summed E-state index contributed by atoms with van der Waals surface area (Å²) in [5.41, 5.74) is 3.00. The predicted molar refractivity (Wildman–Crippen MR) is 68.1 cm³/mol. The summed E-state index contributed by atoms with van der Waals surface area (Å²) in [6.45, 7) is 4.45. The Morgan fingerprint density at radius 2 is 2.11 bits per heavy atom. The Bertz CT molecular complexity index is 548. The number of rotatable bonds is 3. The fourth-order valence-electron chi connectivity index (χ4n) is 1.70. The summed E-state index contributed by atoms with van der Waals surface area (Å²) in [4.78, 5) is 17.8. The average molecular weight is 244 g/mol. The van der Waals surface area contributed by atoms with Crippen molar-refractivity contribution in [3.8, 4) is 0 Å². The van der Waals surface area contributed by atoms with Crippen molar-refractivity contribution in [1.29, 1.82) is 0 Å². The average Bonchev–Trinajstić information content (AvgIpc) is 2.84. The van der Waals surface area contributed by atoms with Crippen molar-refractivity contribution >= 4 is 5.91 Å². The van der Waals surface area contributed by atoms with E-state index in [4.69, 9.17) is 0 Å². The van der Waals surface area contributed by atoms with Crippen LogP contribution < -0.4 is 0 Å². The molecule has 0 bridgehead atoms. The van der Waals surface area contributed by atoms with Crippen molar-refractivity contribution in [2.75, 3.05) is 7.05 Å². The summed E-state index contributed by atoms with van der Waals surface area (Å²) in [6, 6.07) is 5.72. The minimum atomic E-state index is -0.0190. The van der Waals surface area contributed by atoms with E-state index in [-0.39, 0.29) is 5.91 Å². The first kappa shape index (κ1) is 12.3. The van der Waals surface area contributed by atoms with Crippen LogP contribution in [-0.2, 0) is 6.54 Å². The third kappa shape index (κ3) is 2.56. The molecule has 1 aromatic heterocycles. The third-order valence-corrected chi connectivity index (χ3v) is 2.95. The lowest BCUT2D eigenvalue weighted by Crippen LogP contribution is -2.26. The Kier molecular flexibility index (Phi) is 3.41. The van der Waals surface area contributed by atoms with Crippen molar-refractivity contribution in [3.05, 3.63) is 47.0 Å². The van der Waals surface area contributed by atoms with Crippen molar-refractivity contribution in [2.45, 2.75) is 20.4 Å². The van der Waals surface area contributed by atoms with Gasteiger partial charge in [-0.2, -0.15) is 5.10 Å². The summed E-state index contributed by atoms with van der Waals surface area (Å²) < 4.78 is 0. The molecule has 18 heavy (non-hydrogen) atoms. The van der Waals surface area contributed by atoms with Crippen LogP contribution in [0.15, 0.2) is 24.5 Å². The summed E-state index contributed by atoms with van der Waals surface area (Å²) in [5, 5.41) is 6.50. The molecule has 5 nitrogen and oxygen atoms in total. The monoisotopic (exact) mass is 244 g/mol. The number of aromatic nitrogens is 3. The molecule has 0 radical (unpaired) electrons. The van der Waals surface area contributed by atoms with Gasteiger partial charge in [-0.25, -0.2) is 4.98 Å². The lowest BCUT2D eigenvalue weighted by Gasteiger charge is -2.16. The van der Waals surface area contributed by atoms with Gasteiger partial charge < -0.3 is 4.90 Å². The molecule has 0 aliphatic carbocycles. The number of aromatic amines is 1. The lowest BCUT2D eigenvalue weighted by molar-refractivity contribution is 0.0781. The van der Waals surface area contributed by atoms with E-state index in [1.807, 2.05) is 32.0 Å². The number of carbonyl (C=O) groups excluding carboxylic acids is 1. The molecular formula is C13H16N4O. The highest BCUT2D eigenvalue weighted by Gasteiger charge is 2.13. The summed E-state index contributed by atoms with van der Waals surface area (Å²) in [5.74, 6) is 0.657. The van der Waals surface area contributed by atoms with Gasteiger partial charge in [0.2, 0.25) is 0 Å². The van der Waals surface area contributed by atoms with Crippen LogP contribution in [-0.4, -0.2) is 33.0 Å². The summed E-state index contributed by atoms with van der Waals surface area (Å²) >= 11 is 0. The van der Waals surface area contributed by atoms with Gasteiger partial charge in [-0.15, -0.1) is 0 Å². The second-order valence-electron chi connectivity index (χ2n) is 4.39. The van der Waals surface area contributed by atoms with E-state index in [1.54, 1.807) is 11.9 Å². The molecule has 5 heteroatoms. The van der Waals surface area contributed by atoms with Gasteiger partial charge in [-0.3, -0.25) is 9.89 Å². The van der Waals surface area contributed by atoms with E-state index in [9.17, 15) is 4.79 Å². The SMILES string of the molecule is Cc1ccc(C(=O)N(C)Cc2ncn[nH]2)cc1C. The van der Waals surface area contributed by atoms with Gasteiger partial charge in [0.25, 0.3) is 5.91 Å². The number of aryl methyl sites for hydroxylation is 2. The molecule has 0 saturated heterocycles. The molecule has 1 amide bonds. The first-order valence-electron chi connectivity index (χ1n) is 5.75. The molecule has 1 aromatic carbocycles. The van der Waals surface area contributed by atoms with Crippen LogP contribution in [0.2, 0.25) is 0 Å². The number of nitrogens with zero attached hydrogens (tertiary/aromatic N) is 3. The van der Waals surface area contributed by atoms with E-state index in [1.165, 1.54) is 11.9 Å². The molecule has 0 fully saturated rings. The second-order valence-corrected chi connectivity index (χ2v) is 4.39. The van der Waals surface area contributed by atoms with Crippen LogP contribution in [0.1, 0.15) is 27.3 Å². The second kappa shape index (κ2) is 5.00. The number of hydrogen-bond acceptors (Lipinski definition) is 3. The number of nitrogens with one attached hydrogen (secondary N) is 1. The van der Waals surface area contributed by atoms with Gasteiger partial charge in [-0.05, 0) is 37.1 Å². The fourth-order valence-corrected chi connectivity index (χ4v) is 1.70.